The molecule has 4 aromatic rings. The number of nitrogens with zero attached hydrogens (tertiary/aromatic N) is 2. The SMILES string of the molecule is CCOc1ccc(-n2cc(-c3ccc(-c4ccc(C(=O)O)cc4)cc3)[n+]3c2CCCCC3)cc1.[Br-]. The van der Waals surface area contributed by atoms with Crippen molar-refractivity contribution in [3.8, 4) is 33.8 Å². The third-order valence-corrected chi connectivity index (χ3v) is 6.49. The van der Waals surface area contributed by atoms with Crippen molar-refractivity contribution >= 4 is 5.97 Å². The van der Waals surface area contributed by atoms with E-state index >= 15 is 0 Å². The van der Waals surface area contributed by atoms with Crippen LogP contribution in [0.15, 0.2) is 79.0 Å². The van der Waals surface area contributed by atoms with Crippen molar-refractivity contribution < 1.29 is 36.2 Å². The van der Waals surface area contributed by atoms with Crippen LogP contribution in [0.25, 0.3) is 28.1 Å². The topological polar surface area (TPSA) is 55.3 Å². The number of aromatic nitrogens is 2. The lowest BCUT2D eigenvalue weighted by Crippen LogP contribution is -3.00. The molecule has 5 nitrogen and oxygen atoms in total. The number of carboxylic acids is 1. The highest BCUT2D eigenvalue weighted by molar-refractivity contribution is 5.88. The predicted octanol–water partition coefficient (Wildman–Crippen LogP) is 2.93. The van der Waals surface area contributed by atoms with E-state index in [4.69, 9.17) is 9.84 Å². The molecule has 1 aliphatic heterocycles. The minimum absolute atomic E-state index is 0. The largest absolute Gasteiger partial charge is 1.00 e. The molecule has 0 aliphatic carbocycles. The zero-order valence-electron chi connectivity index (χ0n) is 19.8. The molecule has 0 radical (unpaired) electrons. The van der Waals surface area contributed by atoms with Gasteiger partial charge in [0.1, 0.15) is 17.6 Å². The van der Waals surface area contributed by atoms with Crippen LogP contribution in [-0.2, 0) is 13.0 Å². The fourth-order valence-corrected chi connectivity index (χ4v) is 4.73. The number of carbonyl (C=O) groups is 1. The van der Waals surface area contributed by atoms with E-state index in [0.29, 0.717) is 12.2 Å². The normalized spacial score (nSPS) is 12.8. The second-order valence-electron chi connectivity index (χ2n) is 8.65. The fraction of sp³-hybridized carbons (Fsp3) is 0.241. The van der Waals surface area contributed by atoms with Gasteiger partial charge in [0.25, 0.3) is 5.82 Å². The Hall–Kier alpha value is -3.38. The van der Waals surface area contributed by atoms with Crippen LogP contribution in [0.3, 0.4) is 0 Å². The van der Waals surface area contributed by atoms with E-state index in [0.717, 1.165) is 35.5 Å². The van der Waals surface area contributed by atoms with E-state index in [1.54, 1.807) is 12.1 Å². The minimum atomic E-state index is -0.906. The Balaban J connectivity index is 0.00000289. The second-order valence-corrected chi connectivity index (χ2v) is 8.65. The first-order valence-electron chi connectivity index (χ1n) is 12.0. The molecule has 5 rings (SSSR count). The van der Waals surface area contributed by atoms with E-state index in [1.165, 1.54) is 36.3 Å². The molecule has 1 N–H and O–H groups in total. The number of carboxylic acid groups (broad SMARTS) is 1. The molecule has 0 saturated carbocycles. The van der Waals surface area contributed by atoms with E-state index < -0.39 is 5.97 Å². The van der Waals surface area contributed by atoms with Crippen LogP contribution < -0.4 is 26.3 Å². The first kappa shape index (κ1) is 24.7. The van der Waals surface area contributed by atoms with Gasteiger partial charge in [0.2, 0.25) is 0 Å². The third kappa shape index (κ3) is 5.17. The van der Waals surface area contributed by atoms with Crippen LogP contribution in [0.2, 0.25) is 0 Å². The quantitative estimate of drug-likeness (QED) is 0.388. The summed E-state index contributed by atoms with van der Waals surface area (Å²) in [5, 5.41) is 9.14. The maximum Gasteiger partial charge on any atom is 0.335 e. The van der Waals surface area contributed by atoms with Crippen LogP contribution in [0, 0.1) is 0 Å². The van der Waals surface area contributed by atoms with Crippen molar-refractivity contribution in [1.82, 2.24) is 4.57 Å². The summed E-state index contributed by atoms with van der Waals surface area (Å²) in [5.74, 6) is 1.33. The van der Waals surface area contributed by atoms with Crippen LogP contribution in [0.4, 0.5) is 0 Å². The molecule has 0 fully saturated rings. The van der Waals surface area contributed by atoms with Crippen molar-refractivity contribution in [3.63, 3.8) is 0 Å². The third-order valence-electron chi connectivity index (χ3n) is 6.49. The number of ether oxygens (including phenoxy) is 1. The zero-order chi connectivity index (χ0) is 23.5. The molecule has 0 saturated heterocycles. The first-order valence-corrected chi connectivity index (χ1v) is 12.0. The number of benzene rings is 3. The maximum absolute atomic E-state index is 11.1. The van der Waals surface area contributed by atoms with Crippen molar-refractivity contribution in [2.45, 2.75) is 39.2 Å². The minimum Gasteiger partial charge on any atom is -1.00 e. The summed E-state index contributed by atoms with van der Waals surface area (Å²) in [6.07, 6.45) is 6.95. The van der Waals surface area contributed by atoms with Crippen molar-refractivity contribution in [2.75, 3.05) is 6.61 Å². The van der Waals surface area contributed by atoms with Crippen LogP contribution >= 0.6 is 0 Å². The monoisotopic (exact) mass is 532 g/mol. The Kier molecular flexibility index (Phi) is 7.71. The summed E-state index contributed by atoms with van der Waals surface area (Å²) < 4.78 is 10.4. The zero-order valence-corrected chi connectivity index (χ0v) is 21.4. The van der Waals surface area contributed by atoms with E-state index in [9.17, 15) is 4.79 Å². The fourth-order valence-electron chi connectivity index (χ4n) is 4.73. The Bertz CT molecular complexity index is 1290. The van der Waals surface area contributed by atoms with Gasteiger partial charge in [-0.1, -0.05) is 24.3 Å². The molecule has 0 atom stereocenters. The number of imidazole rings is 1. The van der Waals surface area contributed by atoms with Crippen LogP contribution in [-0.4, -0.2) is 22.2 Å². The molecule has 0 bridgehead atoms. The van der Waals surface area contributed by atoms with Gasteiger partial charge in [-0.05, 0) is 85.8 Å². The van der Waals surface area contributed by atoms with Gasteiger partial charge in [-0.2, -0.15) is 4.57 Å². The standard InChI is InChI=1S/C29H28N2O3.BrH/c1-2-34-26-17-15-25(16-18-26)31-20-27(30-19-5-3-4-6-28(30)31)23-11-7-21(8-12-23)22-9-13-24(14-10-22)29(32)33;/h7-18,20H,2-6,19H2,1H3;1H. The summed E-state index contributed by atoms with van der Waals surface area (Å²) in [5.41, 5.74) is 5.93. The van der Waals surface area contributed by atoms with E-state index in [1.807, 2.05) is 31.2 Å². The highest BCUT2D eigenvalue weighted by Gasteiger charge is 2.27. The van der Waals surface area contributed by atoms with E-state index in [2.05, 4.69) is 51.7 Å². The molecule has 1 aromatic heterocycles. The highest BCUT2D eigenvalue weighted by atomic mass is 79.9. The number of hydrogen-bond donors (Lipinski definition) is 1. The number of fused-ring (bicyclic) bond motifs is 1. The molecular formula is C29H29BrN2O3. The van der Waals surface area contributed by atoms with Gasteiger partial charge in [0.05, 0.1) is 18.7 Å². The average Bonchev–Trinajstić information content (AvgIpc) is 3.05. The van der Waals surface area contributed by atoms with Crippen molar-refractivity contribution in [1.29, 1.82) is 0 Å². The van der Waals surface area contributed by atoms with Gasteiger partial charge < -0.3 is 26.8 Å². The van der Waals surface area contributed by atoms with Crippen molar-refractivity contribution in [2.24, 2.45) is 0 Å². The average molecular weight is 533 g/mol. The summed E-state index contributed by atoms with van der Waals surface area (Å²) >= 11 is 0. The first-order chi connectivity index (χ1) is 16.6. The Labute approximate surface area is 216 Å². The smallest absolute Gasteiger partial charge is 0.335 e. The Morgan fingerprint density at radius 2 is 1.51 bits per heavy atom. The van der Waals surface area contributed by atoms with Gasteiger partial charge in [-0.3, -0.25) is 0 Å². The second kappa shape index (κ2) is 10.9. The van der Waals surface area contributed by atoms with Crippen molar-refractivity contribution in [3.05, 3.63) is 90.4 Å². The molecule has 180 valence electrons. The molecule has 2 heterocycles. The van der Waals surface area contributed by atoms with E-state index in [-0.39, 0.29) is 17.0 Å². The van der Waals surface area contributed by atoms with Gasteiger partial charge in [0.15, 0.2) is 5.69 Å². The molecule has 6 heteroatoms. The van der Waals surface area contributed by atoms with Gasteiger partial charge in [-0.25, -0.2) is 9.36 Å². The summed E-state index contributed by atoms with van der Waals surface area (Å²) in [4.78, 5) is 11.1. The lowest BCUT2D eigenvalue weighted by atomic mass is 10.0. The summed E-state index contributed by atoms with van der Waals surface area (Å²) in [6, 6.07) is 23.9. The number of hydrogen-bond acceptors (Lipinski definition) is 2. The number of halogens is 1. The van der Waals surface area contributed by atoms with Crippen LogP contribution in [0.5, 0.6) is 5.75 Å². The predicted molar refractivity (Wildman–Crippen MR) is 133 cm³/mol. The maximum atomic E-state index is 11.1. The molecule has 0 spiro atoms. The molecule has 3 aromatic carbocycles. The Morgan fingerprint density at radius 1 is 0.886 bits per heavy atom. The number of aromatic carboxylic acids is 1. The van der Waals surface area contributed by atoms with Gasteiger partial charge >= 0.3 is 5.97 Å². The van der Waals surface area contributed by atoms with Gasteiger partial charge in [-0.15, -0.1) is 0 Å². The summed E-state index contributed by atoms with van der Waals surface area (Å²) in [6.45, 7) is 3.68. The molecule has 35 heavy (non-hydrogen) atoms. The summed E-state index contributed by atoms with van der Waals surface area (Å²) in [7, 11) is 0. The molecular weight excluding hydrogens is 504 g/mol. The number of rotatable bonds is 6. The lowest BCUT2D eigenvalue weighted by molar-refractivity contribution is -0.692. The molecule has 0 amide bonds. The van der Waals surface area contributed by atoms with Crippen LogP contribution in [0.1, 0.15) is 42.4 Å². The lowest BCUT2D eigenvalue weighted by Gasteiger charge is -2.06. The van der Waals surface area contributed by atoms with Gasteiger partial charge in [0, 0.05) is 12.0 Å². The Morgan fingerprint density at radius 3 is 2.14 bits per heavy atom. The highest BCUT2D eigenvalue weighted by Crippen LogP contribution is 2.27. The molecule has 1 aliphatic rings. The molecule has 0 unspecified atom stereocenters.